The van der Waals surface area contributed by atoms with E-state index in [1.54, 1.807) is 0 Å². The Morgan fingerprint density at radius 3 is 1.29 bits per heavy atom. The normalized spacial score (nSPS) is 12.4. The molecule has 0 saturated carbocycles. The molecule has 0 bridgehead atoms. The monoisotopic (exact) mass is 234 g/mol. The lowest BCUT2D eigenvalue weighted by atomic mass is 10.2. The van der Waals surface area contributed by atoms with Crippen LogP contribution in [0, 0.1) is 0 Å². The van der Waals surface area contributed by atoms with E-state index in [0.29, 0.717) is 0 Å². The van der Waals surface area contributed by atoms with Crippen LogP contribution in [-0.4, -0.2) is 0 Å². The van der Waals surface area contributed by atoms with Crippen molar-refractivity contribution in [2.45, 2.75) is 71.6 Å². The van der Waals surface area contributed by atoms with Gasteiger partial charge in [-0.1, -0.05) is 69.6 Å². The summed E-state index contributed by atoms with van der Waals surface area (Å²) in [4.78, 5) is 0. The Kier molecular flexibility index (Phi) is 14.5. The van der Waals surface area contributed by atoms with Crippen LogP contribution >= 0.6 is 0 Å². The van der Waals surface area contributed by atoms with Crippen molar-refractivity contribution in [3.8, 4) is 0 Å². The summed E-state index contributed by atoms with van der Waals surface area (Å²) in [5.41, 5.74) is 0. The third-order valence-electron chi connectivity index (χ3n) is 2.68. The van der Waals surface area contributed by atoms with Crippen molar-refractivity contribution in [3.63, 3.8) is 0 Å². The highest BCUT2D eigenvalue weighted by molar-refractivity contribution is 4.90. The van der Waals surface area contributed by atoms with Crippen molar-refractivity contribution in [1.82, 2.24) is 0 Å². The van der Waals surface area contributed by atoms with Crippen molar-refractivity contribution in [2.75, 3.05) is 0 Å². The molecule has 0 unspecified atom stereocenters. The Hall–Kier alpha value is -0.780. The van der Waals surface area contributed by atoms with E-state index in [9.17, 15) is 0 Å². The Labute approximate surface area is 109 Å². The first-order valence-electron chi connectivity index (χ1n) is 7.36. The van der Waals surface area contributed by atoms with Gasteiger partial charge in [-0.05, 0) is 38.5 Å². The lowest BCUT2D eigenvalue weighted by Gasteiger charge is -1.90. The van der Waals surface area contributed by atoms with E-state index >= 15 is 0 Å². The second-order valence-electron chi connectivity index (χ2n) is 4.50. The molecule has 0 spiro atoms. The van der Waals surface area contributed by atoms with E-state index in [1.165, 1.54) is 57.8 Å². The van der Waals surface area contributed by atoms with Gasteiger partial charge in [0.15, 0.2) is 0 Å². The van der Waals surface area contributed by atoms with E-state index < -0.39 is 0 Å². The highest BCUT2D eigenvalue weighted by atomic mass is 13.9. The Morgan fingerprint density at radius 1 is 0.471 bits per heavy atom. The average Bonchev–Trinajstić information content (AvgIpc) is 2.35. The predicted octanol–water partition coefficient (Wildman–Crippen LogP) is 6.21. The van der Waals surface area contributed by atoms with Gasteiger partial charge in [0.1, 0.15) is 0 Å². The molecule has 0 aliphatic heterocycles. The van der Waals surface area contributed by atoms with E-state index in [0.717, 1.165) is 0 Å². The lowest BCUT2D eigenvalue weighted by molar-refractivity contribution is 0.811. The number of hydrogen-bond acceptors (Lipinski definition) is 0. The number of hydrogen-bond donors (Lipinski definition) is 0. The lowest BCUT2D eigenvalue weighted by Crippen LogP contribution is -1.70. The molecule has 0 aromatic heterocycles. The molecule has 0 fully saturated rings. The second kappa shape index (κ2) is 15.2. The summed E-state index contributed by atoms with van der Waals surface area (Å²) < 4.78 is 0. The first kappa shape index (κ1) is 16.2. The summed E-state index contributed by atoms with van der Waals surface area (Å²) in [6, 6.07) is 0. The Balaban J connectivity index is 3.22. The second-order valence-corrected chi connectivity index (χ2v) is 4.50. The number of rotatable bonds is 11. The van der Waals surface area contributed by atoms with Crippen LogP contribution < -0.4 is 0 Å². The Morgan fingerprint density at radius 2 is 0.882 bits per heavy atom. The quantitative estimate of drug-likeness (QED) is 0.295. The van der Waals surface area contributed by atoms with E-state index in [-0.39, 0.29) is 0 Å². The first-order chi connectivity index (χ1) is 8.41. The fourth-order valence-corrected chi connectivity index (χ4v) is 1.58. The fourth-order valence-electron chi connectivity index (χ4n) is 1.58. The molecule has 0 heteroatoms. The van der Waals surface area contributed by atoms with Crippen LogP contribution in [0.5, 0.6) is 0 Å². The standard InChI is InChI=1S/C17H30/c1-3-5-7-9-11-13-15-17-16-14-12-10-8-6-4-2/h7,9-10,12,15,17H,3-6,8,11,13-14,16H2,1-2H3. The third kappa shape index (κ3) is 15.2. The molecule has 17 heavy (non-hydrogen) atoms. The SMILES string of the molecule is CCCC=CCCC=CCCC=CCCCC. The van der Waals surface area contributed by atoms with Crippen LogP contribution in [0.4, 0.5) is 0 Å². The smallest absolute Gasteiger partial charge is 0.0316 e. The van der Waals surface area contributed by atoms with E-state index in [2.05, 4.69) is 50.3 Å². The molecule has 0 aromatic carbocycles. The number of unbranched alkanes of at least 4 members (excludes halogenated alkanes) is 5. The zero-order valence-corrected chi connectivity index (χ0v) is 11.8. The molecule has 98 valence electrons. The maximum atomic E-state index is 2.32. The van der Waals surface area contributed by atoms with Crippen molar-refractivity contribution in [3.05, 3.63) is 36.5 Å². The molecule has 0 radical (unpaired) electrons. The molecule has 0 aromatic rings. The molecular weight excluding hydrogens is 204 g/mol. The van der Waals surface area contributed by atoms with Crippen LogP contribution in [0.2, 0.25) is 0 Å². The topological polar surface area (TPSA) is 0 Å². The summed E-state index contributed by atoms with van der Waals surface area (Å²) in [5.74, 6) is 0. The average molecular weight is 234 g/mol. The third-order valence-corrected chi connectivity index (χ3v) is 2.68. The zero-order chi connectivity index (χ0) is 12.6. The van der Waals surface area contributed by atoms with Gasteiger partial charge in [0, 0.05) is 0 Å². The van der Waals surface area contributed by atoms with Crippen LogP contribution in [-0.2, 0) is 0 Å². The van der Waals surface area contributed by atoms with Crippen molar-refractivity contribution < 1.29 is 0 Å². The van der Waals surface area contributed by atoms with E-state index in [1.807, 2.05) is 0 Å². The summed E-state index contributed by atoms with van der Waals surface area (Å²) in [5, 5.41) is 0. The van der Waals surface area contributed by atoms with Gasteiger partial charge in [-0.15, -0.1) is 0 Å². The molecule has 0 heterocycles. The van der Waals surface area contributed by atoms with Crippen molar-refractivity contribution >= 4 is 0 Å². The van der Waals surface area contributed by atoms with Crippen LogP contribution in [0.15, 0.2) is 36.5 Å². The molecule has 0 aliphatic carbocycles. The molecule has 0 N–H and O–H groups in total. The highest BCUT2D eigenvalue weighted by Crippen LogP contribution is 2.01. The maximum Gasteiger partial charge on any atom is -0.0316 e. The summed E-state index contributed by atoms with van der Waals surface area (Å²) in [7, 11) is 0. The fraction of sp³-hybridized carbons (Fsp3) is 0.647. The molecule has 0 amide bonds. The van der Waals surface area contributed by atoms with Gasteiger partial charge >= 0.3 is 0 Å². The Bertz CT molecular complexity index is 208. The summed E-state index contributed by atoms with van der Waals surface area (Å²) >= 11 is 0. The van der Waals surface area contributed by atoms with Crippen LogP contribution in [0.1, 0.15) is 71.6 Å². The van der Waals surface area contributed by atoms with Gasteiger partial charge in [0.2, 0.25) is 0 Å². The summed E-state index contributed by atoms with van der Waals surface area (Å²) in [6.45, 7) is 4.46. The highest BCUT2D eigenvalue weighted by Gasteiger charge is 1.80. The van der Waals surface area contributed by atoms with Gasteiger partial charge in [-0.3, -0.25) is 0 Å². The minimum Gasteiger partial charge on any atom is -0.0885 e. The van der Waals surface area contributed by atoms with Crippen molar-refractivity contribution in [1.29, 1.82) is 0 Å². The van der Waals surface area contributed by atoms with Gasteiger partial charge < -0.3 is 0 Å². The van der Waals surface area contributed by atoms with Gasteiger partial charge in [-0.25, -0.2) is 0 Å². The minimum absolute atomic E-state index is 1.19. The molecule has 0 nitrogen and oxygen atoms in total. The first-order valence-corrected chi connectivity index (χ1v) is 7.36. The maximum absolute atomic E-state index is 2.32. The molecule has 0 saturated heterocycles. The largest absolute Gasteiger partial charge is 0.0885 e. The molecule has 0 rings (SSSR count). The minimum atomic E-state index is 1.19. The molecular formula is C17H30. The molecule has 0 aliphatic rings. The summed E-state index contributed by atoms with van der Waals surface area (Å²) in [6.07, 6.45) is 25.0. The van der Waals surface area contributed by atoms with Gasteiger partial charge in [0.25, 0.3) is 0 Å². The zero-order valence-electron chi connectivity index (χ0n) is 11.8. The van der Waals surface area contributed by atoms with E-state index in [4.69, 9.17) is 0 Å². The van der Waals surface area contributed by atoms with Crippen LogP contribution in [0.3, 0.4) is 0 Å². The molecule has 0 atom stereocenters. The van der Waals surface area contributed by atoms with Crippen LogP contribution in [0.25, 0.3) is 0 Å². The predicted molar refractivity (Wildman–Crippen MR) is 80.3 cm³/mol. The number of allylic oxidation sites excluding steroid dienone is 6. The van der Waals surface area contributed by atoms with Gasteiger partial charge in [-0.2, -0.15) is 0 Å². The van der Waals surface area contributed by atoms with Gasteiger partial charge in [0.05, 0.1) is 0 Å². The van der Waals surface area contributed by atoms with Crippen molar-refractivity contribution in [2.24, 2.45) is 0 Å².